The molecule has 0 aliphatic carbocycles. The van der Waals surface area contributed by atoms with E-state index in [0.29, 0.717) is 11.3 Å². The van der Waals surface area contributed by atoms with E-state index in [1.165, 1.54) is 0 Å². The van der Waals surface area contributed by atoms with Gasteiger partial charge in [0.15, 0.2) is 0 Å². The van der Waals surface area contributed by atoms with Crippen LogP contribution in [0.3, 0.4) is 0 Å². The average Bonchev–Trinajstić information content (AvgIpc) is 2.13. The monoisotopic (exact) mass is 162 g/mol. The van der Waals surface area contributed by atoms with Crippen molar-refractivity contribution < 1.29 is 0 Å². The Kier molecular flexibility index (Phi) is 4.55. The topological polar surface area (TPSA) is 49.8 Å². The normalized spacial score (nSPS) is 7.83. The smallest absolute Gasteiger partial charge is 0.101 e. The fourth-order valence-corrected chi connectivity index (χ4v) is 0.767. The molecule has 12 heavy (non-hydrogen) atoms. The summed E-state index contributed by atoms with van der Waals surface area (Å²) >= 11 is 0. The Balaban J connectivity index is 0.000000561. The minimum absolute atomic E-state index is 0.549. The number of hydrogen-bond donors (Lipinski definition) is 1. The van der Waals surface area contributed by atoms with Crippen LogP contribution in [0.25, 0.3) is 0 Å². The van der Waals surface area contributed by atoms with Gasteiger partial charge in [-0.1, -0.05) is 19.9 Å². The van der Waals surface area contributed by atoms with Gasteiger partial charge in [-0.15, -0.1) is 0 Å². The van der Waals surface area contributed by atoms with Gasteiger partial charge in [0.25, 0.3) is 0 Å². The molecule has 0 spiro atoms. The van der Waals surface area contributed by atoms with Gasteiger partial charge >= 0.3 is 0 Å². The molecule has 0 radical (unpaired) electrons. The Morgan fingerprint density at radius 2 is 1.92 bits per heavy atom. The highest BCUT2D eigenvalue weighted by Gasteiger charge is 1.94. The van der Waals surface area contributed by atoms with E-state index in [4.69, 9.17) is 11.0 Å². The fraction of sp³-hybridized carbons (Fsp3) is 0.300. The number of nitrogens with zero attached hydrogens (tertiary/aromatic N) is 1. The molecule has 0 heterocycles. The molecule has 1 aromatic carbocycles. The minimum Gasteiger partial charge on any atom is -0.398 e. The van der Waals surface area contributed by atoms with E-state index in [9.17, 15) is 0 Å². The summed E-state index contributed by atoms with van der Waals surface area (Å²) in [5.41, 5.74) is 7.64. The van der Waals surface area contributed by atoms with Crippen LogP contribution in [0.2, 0.25) is 0 Å². The molecule has 1 aromatic rings. The van der Waals surface area contributed by atoms with E-state index in [1.807, 2.05) is 32.9 Å². The number of nitrogens with two attached hydrogens (primary N) is 1. The lowest BCUT2D eigenvalue weighted by Gasteiger charge is -1.96. The van der Waals surface area contributed by atoms with Crippen LogP contribution in [-0.4, -0.2) is 0 Å². The summed E-state index contributed by atoms with van der Waals surface area (Å²) in [6, 6.07) is 7.41. The van der Waals surface area contributed by atoms with Gasteiger partial charge in [0.2, 0.25) is 0 Å². The molecule has 64 valence electrons. The molecule has 0 fully saturated rings. The summed E-state index contributed by atoms with van der Waals surface area (Å²) in [6.45, 7) is 5.93. The predicted molar refractivity (Wildman–Crippen MR) is 51.7 cm³/mol. The largest absolute Gasteiger partial charge is 0.398 e. The second kappa shape index (κ2) is 5.20. The molecule has 0 aliphatic rings. The Bertz CT molecular complexity index is 284. The number of hydrogen-bond acceptors (Lipinski definition) is 2. The van der Waals surface area contributed by atoms with Gasteiger partial charge in [-0.05, 0) is 24.6 Å². The first-order valence-electron chi connectivity index (χ1n) is 4.00. The number of aryl methyl sites for hydroxylation is 1. The Morgan fingerprint density at radius 1 is 1.33 bits per heavy atom. The Hall–Kier alpha value is -1.49. The predicted octanol–water partition coefficient (Wildman–Crippen LogP) is 2.48. The summed E-state index contributed by atoms with van der Waals surface area (Å²) in [7, 11) is 0. The minimum atomic E-state index is 0.549. The van der Waals surface area contributed by atoms with Crippen LogP contribution in [-0.2, 0) is 0 Å². The van der Waals surface area contributed by atoms with Crippen molar-refractivity contribution in [2.45, 2.75) is 20.8 Å². The van der Waals surface area contributed by atoms with Gasteiger partial charge in [0.05, 0.1) is 5.56 Å². The molecule has 0 atom stereocenters. The van der Waals surface area contributed by atoms with Crippen molar-refractivity contribution in [3.05, 3.63) is 29.3 Å². The van der Waals surface area contributed by atoms with Crippen LogP contribution in [0.1, 0.15) is 25.0 Å². The zero-order valence-corrected chi connectivity index (χ0v) is 7.76. The summed E-state index contributed by atoms with van der Waals surface area (Å²) in [4.78, 5) is 0. The van der Waals surface area contributed by atoms with E-state index >= 15 is 0 Å². The summed E-state index contributed by atoms with van der Waals surface area (Å²) in [5.74, 6) is 0. The summed E-state index contributed by atoms with van der Waals surface area (Å²) < 4.78 is 0. The number of rotatable bonds is 0. The van der Waals surface area contributed by atoms with Crippen molar-refractivity contribution in [1.29, 1.82) is 5.26 Å². The lowest BCUT2D eigenvalue weighted by Crippen LogP contribution is -1.89. The van der Waals surface area contributed by atoms with Crippen LogP contribution in [0.5, 0.6) is 0 Å². The first-order valence-corrected chi connectivity index (χ1v) is 4.00. The van der Waals surface area contributed by atoms with E-state index < -0.39 is 0 Å². The Morgan fingerprint density at radius 3 is 2.33 bits per heavy atom. The third kappa shape index (κ3) is 2.63. The maximum Gasteiger partial charge on any atom is 0.101 e. The third-order valence-corrected chi connectivity index (χ3v) is 1.33. The number of anilines is 1. The highest BCUT2D eigenvalue weighted by atomic mass is 14.6. The lowest BCUT2D eigenvalue weighted by atomic mass is 10.1. The maximum absolute atomic E-state index is 8.51. The van der Waals surface area contributed by atoms with Gasteiger partial charge in [-0.2, -0.15) is 5.26 Å². The fourth-order valence-electron chi connectivity index (χ4n) is 0.767. The quantitative estimate of drug-likeness (QED) is 0.596. The van der Waals surface area contributed by atoms with Crippen molar-refractivity contribution in [3.63, 3.8) is 0 Å². The zero-order valence-electron chi connectivity index (χ0n) is 7.76. The summed E-state index contributed by atoms with van der Waals surface area (Å²) in [5, 5.41) is 8.51. The first kappa shape index (κ1) is 10.5. The molecule has 0 aromatic heterocycles. The van der Waals surface area contributed by atoms with Gasteiger partial charge in [0, 0.05) is 5.69 Å². The SMILES string of the molecule is CC.Cc1ccc(N)c(C#N)c1. The Labute approximate surface area is 73.6 Å². The van der Waals surface area contributed by atoms with Crippen molar-refractivity contribution in [1.82, 2.24) is 0 Å². The molecule has 1 rings (SSSR count). The molecule has 2 N–H and O–H groups in total. The molecule has 0 saturated heterocycles. The molecule has 0 aliphatic heterocycles. The van der Waals surface area contributed by atoms with Crippen molar-refractivity contribution in [2.24, 2.45) is 0 Å². The highest BCUT2D eigenvalue weighted by Crippen LogP contribution is 2.11. The number of nitrogen functional groups attached to an aromatic ring is 1. The van der Waals surface area contributed by atoms with Crippen LogP contribution < -0.4 is 5.73 Å². The van der Waals surface area contributed by atoms with Gasteiger partial charge in [0.1, 0.15) is 6.07 Å². The number of benzene rings is 1. The van der Waals surface area contributed by atoms with Gasteiger partial charge in [-0.3, -0.25) is 0 Å². The van der Waals surface area contributed by atoms with Gasteiger partial charge < -0.3 is 5.73 Å². The molecule has 2 nitrogen and oxygen atoms in total. The van der Waals surface area contributed by atoms with Crippen molar-refractivity contribution >= 4 is 5.69 Å². The van der Waals surface area contributed by atoms with E-state index in [2.05, 4.69) is 0 Å². The second-order valence-electron chi connectivity index (χ2n) is 2.20. The molecular formula is C10H14N2. The van der Waals surface area contributed by atoms with Crippen molar-refractivity contribution in [3.8, 4) is 6.07 Å². The highest BCUT2D eigenvalue weighted by molar-refractivity contribution is 5.54. The van der Waals surface area contributed by atoms with Crippen molar-refractivity contribution in [2.75, 3.05) is 5.73 Å². The van der Waals surface area contributed by atoms with Gasteiger partial charge in [-0.25, -0.2) is 0 Å². The zero-order chi connectivity index (χ0) is 9.56. The summed E-state index contributed by atoms with van der Waals surface area (Å²) in [6.07, 6.45) is 0. The van der Waals surface area contributed by atoms with Crippen LogP contribution in [0.4, 0.5) is 5.69 Å². The lowest BCUT2D eigenvalue weighted by molar-refractivity contribution is 1.42. The molecule has 0 saturated carbocycles. The molecular weight excluding hydrogens is 148 g/mol. The standard InChI is InChI=1S/C8H8N2.C2H6/c1-6-2-3-8(10)7(4-6)5-9;1-2/h2-4H,10H2,1H3;1-2H3. The van der Waals surface area contributed by atoms with Crippen LogP contribution in [0, 0.1) is 18.3 Å². The molecule has 2 heteroatoms. The van der Waals surface area contributed by atoms with E-state index in [1.54, 1.807) is 12.1 Å². The van der Waals surface area contributed by atoms with Crippen LogP contribution in [0.15, 0.2) is 18.2 Å². The van der Waals surface area contributed by atoms with E-state index in [-0.39, 0.29) is 0 Å². The average molecular weight is 162 g/mol. The van der Waals surface area contributed by atoms with Crippen LogP contribution >= 0.6 is 0 Å². The molecule has 0 bridgehead atoms. The number of nitriles is 1. The maximum atomic E-state index is 8.51. The van der Waals surface area contributed by atoms with E-state index in [0.717, 1.165) is 5.56 Å². The molecule has 0 amide bonds. The third-order valence-electron chi connectivity index (χ3n) is 1.33. The second-order valence-corrected chi connectivity index (χ2v) is 2.20. The first-order chi connectivity index (χ1) is 5.74. The molecule has 0 unspecified atom stereocenters.